The number of halogens is 1. The van der Waals surface area contributed by atoms with Gasteiger partial charge in [0.2, 0.25) is 0 Å². The van der Waals surface area contributed by atoms with E-state index in [9.17, 15) is 4.79 Å². The van der Waals surface area contributed by atoms with Gasteiger partial charge in [-0.2, -0.15) is 0 Å². The Balaban J connectivity index is 1.86. The van der Waals surface area contributed by atoms with Crippen molar-refractivity contribution in [1.82, 2.24) is 4.98 Å². The van der Waals surface area contributed by atoms with Crippen molar-refractivity contribution in [2.45, 2.75) is 52.9 Å². The van der Waals surface area contributed by atoms with Crippen molar-refractivity contribution in [1.29, 1.82) is 0 Å². The third-order valence-corrected chi connectivity index (χ3v) is 5.21. The minimum atomic E-state index is -0.691. The number of carbonyl (C=O) groups excluding carboxylic acids is 1. The van der Waals surface area contributed by atoms with Gasteiger partial charge in [0.25, 0.3) is 0 Å². The standard InChI is InChI=1S/C26H30ClNO5/c1-5-30-23(26(29)31-6-2)14-18-10-7-8-13-22(18)32-16-19-15-28-24-20(11-9-12-21(24)27)25(19)33-17(3)4/h7-13,15,17,23H,5-6,14,16H2,1-4H3. The number of ether oxygens (including phenoxy) is 4. The average Bonchev–Trinajstić information content (AvgIpc) is 2.79. The molecule has 0 amide bonds. The van der Waals surface area contributed by atoms with E-state index in [1.165, 1.54) is 0 Å². The minimum absolute atomic E-state index is 0.0304. The Labute approximate surface area is 199 Å². The second-order valence-electron chi connectivity index (χ2n) is 7.71. The van der Waals surface area contributed by atoms with Crippen molar-refractivity contribution < 1.29 is 23.7 Å². The lowest BCUT2D eigenvalue weighted by atomic mass is 10.1. The van der Waals surface area contributed by atoms with Crippen molar-refractivity contribution in [2.24, 2.45) is 0 Å². The number of carbonyl (C=O) groups is 1. The zero-order chi connectivity index (χ0) is 23.8. The van der Waals surface area contributed by atoms with E-state index >= 15 is 0 Å². The summed E-state index contributed by atoms with van der Waals surface area (Å²) in [5, 5.41) is 1.41. The van der Waals surface area contributed by atoms with E-state index in [1.54, 1.807) is 19.2 Å². The highest BCUT2D eigenvalue weighted by Crippen LogP contribution is 2.34. The highest BCUT2D eigenvalue weighted by molar-refractivity contribution is 6.35. The minimum Gasteiger partial charge on any atom is -0.490 e. The molecular formula is C26H30ClNO5. The number of para-hydroxylation sites is 2. The summed E-state index contributed by atoms with van der Waals surface area (Å²) in [7, 11) is 0. The van der Waals surface area contributed by atoms with Crippen molar-refractivity contribution >= 4 is 28.5 Å². The summed E-state index contributed by atoms with van der Waals surface area (Å²) in [5.74, 6) is 0.985. The Bertz CT molecular complexity index is 1090. The van der Waals surface area contributed by atoms with Crippen LogP contribution in [0.15, 0.2) is 48.7 Å². The number of benzene rings is 2. The third-order valence-electron chi connectivity index (χ3n) is 4.90. The van der Waals surface area contributed by atoms with Crippen LogP contribution in [0.2, 0.25) is 5.02 Å². The summed E-state index contributed by atoms with van der Waals surface area (Å²) in [6.07, 6.45) is 1.36. The summed E-state index contributed by atoms with van der Waals surface area (Å²) in [5.41, 5.74) is 2.35. The van der Waals surface area contributed by atoms with Crippen LogP contribution >= 0.6 is 11.6 Å². The molecule has 1 atom stereocenters. The third kappa shape index (κ3) is 6.36. The van der Waals surface area contributed by atoms with Crippen LogP contribution in [-0.2, 0) is 27.3 Å². The molecule has 1 aromatic heterocycles. The molecule has 0 saturated heterocycles. The molecule has 0 saturated carbocycles. The first-order valence-corrected chi connectivity index (χ1v) is 11.5. The van der Waals surface area contributed by atoms with Crippen LogP contribution in [0.4, 0.5) is 0 Å². The number of aromatic nitrogens is 1. The lowest BCUT2D eigenvalue weighted by Gasteiger charge is -2.19. The molecular weight excluding hydrogens is 442 g/mol. The molecule has 1 heterocycles. The number of rotatable bonds is 11. The highest BCUT2D eigenvalue weighted by atomic mass is 35.5. The first-order chi connectivity index (χ1) is 15.9. The van der Waals surface area contributed by atoms with E-state index in [4.69, 9.17) is 30.5 Å². The fourth-order valence-electron chi connectivity index (χ4n) is 3.50. The second kappa shape index (κ2) is 11.9. The summed E-state index contributed by atoms with van der Waals surface area (Å²) in [6.45, 7) is 8.53. The first kappa shape index (κ1) is 24.8. The predicted octanol–water partition coefficient (Wildman–Crippen LogP) is 5.77. The molecule has 33 heavy (non-hydrogen) atoms. The number of esters is 1. The quantitative estimate of drug-likeness (QED) is 0.331. The smallest absolute Gasteiger partial charge is 0.335 e. The molecule has 3 rings (SSSR count). The van der Waals surface area contributed by atoms with Crippen molar-refractivity contribution in [3.8, 4) is 11.5 Å². The second-order valence-corrected chi connectivity index (χ2v) is 8.12. The monoisotopic (exact) mass is 471 g/mol. The maximum atomic E-state index is 12.3. The number of nitrogens with zero attached hydrogens (tertiary/aromatic N) is 1. The molecule has 7 heteroatoms. The molecule has 0 bridgehead atoms. The van der Waals surface area contributed by atoms with Crippen LogP contribution in [0.3, 0.4) is 0 Å². The highest BCUT2D eigenvalue weighted by Gasteiger charge is 2.22. The molecule has 0 radical (unpaired) electrons. The van der Waals surface area contributed by atoms with E-state index in [0.29, 0.717) is 41.7 Å². The first-order valence-electron chi connectivity index (χ1n) is 11.2. The molecule has 2 aromatic carbocycles. The van der Waals surface area contributed by atoms with E-state index in [2.05, 4.69) is 4.98 Å². The molecule has 0 spiro atoms. The average molecular weight is 472 g/mol. The Hall–Kier alpha value is -2.83. The molecule has 6 nitrogen and oxygen atoms in total. The predicted molar refractivity (Wildman–Crippen MR) is 129 cm³/mol. The number of fused-ring (bicyclic) bond motifs is 1. The molecule has 0 fully saturated rings. The molecule has 1 unspecified atom stereocenters. The Morgan fingerprint density at radius 1 is 1.03 bits per heavy atom. The summed E-state index contributed by atoms with van der Waals surface area (Å²) in [4.78, 5) is 16.8. The Morgan fingerprint density at radius 2 is 1.82 bits per heavy atom. The van der Waals surface area contributed by atoms with Gasteiger partial charge in [-0.25, -0.2) is 4.79 Å². The summed E-state index contributed by atoms with van der Waals surface area (Å²) < 4.78 is 23.1. The topological polar surface area (TPSA) is 66.9 Å². The molecule has 0 aliphatic carbocycles. The number of pyridine rings is 1. The van der Waals surface area contributed by atoms with Crippen molar-refractivity contribution in [3.63, 3.8) is 0 Å². The largest absolute Gasteiger partial charge is 0.490 e. The van der Waals surface area contributed by atoms with Crippen LogP contribution in [0.1, 0.15) is 38.8 Å². The molecule has 0 N–H and O–H groups in total. The summed E-state index contributed by atoms with van der Waals surface area (Å²) >= 11 is 6.33. The van der Waals surface area contributed by atoms with Crippen LogP contribution < -0.4 is 9.47 Å². The number of hydrogen-bond donors (Lipinski definition) is 0. The van der Waals surface area contributed by atoms with Gasteiger partial charge in [-0.1, -0.05) is 35.9 Å². The van der Waals surface area contributed by atoms with Gasteiger partial charge in [0.05, 0.1) is 28.8 Å². The fraction of sp³-hybridized carbons (Fsp3) is 0.385. The molecule has 0 aliphatic rings. The number of hydrogen-bond acceptors (Lipinski definition) is 6. The van der Waals surface area contributed by atoms with Gasteiger partial charge < -0.3 is 18.9 Å². The van der Waals surface area contributed by atoms with Crippen molar-refractivity contribution in [3.05, 3.63) is 64.8 Å². The fourth-order valence-corrected chi connectivity index (χ4v) is 3.72. The van der Waals surface area contributed by atoms with Crippen LogP contribution in [0.5, 0.6) is 11.5 Å². The van der Waals surface area contributed by atoms with Gasteiger partial charge in [0.1, 0.15) is 18.1 Å². The zero-order valence-electron chi connectivity index (χ0n) is 19.5. The molecule has 176 valence electrons. The van der Waals surface area contributed by atoms with Gasteiger partial charge in [0, 0.05) is 24.6 Å². The van der Waals surface area contributed by atoms with E-state index in [1.807, 2.05) is 57.2 Å². The summed E-state index contributed by atoms with van der Waals surface area (Å²) in [6, 6.07) is 13.2. The van der Waals surface area contributed by atoms with Crippen LogP contribution in [-0.4, -0.2) is 36.4 Å². The van der Waals surface area contributed by atoms with E-state index in [-0.39, 0.29) is 18.7 Å². The van der Waals surface area contributed by atoms with Gasteiger partial charge in [-0.3, -0.25) is 4.98 Å². The lowest BCUT2D eigenvalue weighted by molar-refractivity contribution is -0.156. The van der Waals surface area contributed by atoms with E-state index < -0.39 is 6.10 Å². The normalized spacial score (nSPS) is 12.1. The zero-order valence-corrected chi connectivity index (χ0v) is 20.2. The maximum absolute atomic E-state index is 12.3. The van der Waals surface area contributed by atoms with Crippen molar-refractivity contribution in [2.75, 3.05) is 13.2 Å². The Kier molecular flexibility index (Phi) is 8.92. The van der Waals surface area contributed by atoms with Gasteiger partial charge in [0.15, 0.2) is 6.10 Å². The molecule has 0 aliphatic heterocycles. The maximum Gasteiger partial charge on any atom is 0.335 e. The SMILES string of the molecule is CCOC(=O)C(Cc1ccccc1OCc1cnc2c(Cl)cccc2c1OC(C)C)OCC. The van der Waals surface area contributed by atoms with Gasteiger partial charge in [-0.15, -0.1) is 0 Å². The van der Waals surface area contributed by atoms with Gasteiger partial charge >= 0.3 is 5.97 Å². The van der Waals surface area contributed by atoms with E-state index in [0.717, 1.165) is 16.5 Å². The van der Waals surface area contributed by atoms with Crippen LogP contribution in [0, 0.1) is 0 Å². The van der Waals surface area contributed by atoms with Gasteiger partial charge in [-0.05, 0) is 51.5 Å². The molecule has 3 aromatic rings. The lowest BCUT2D eigenvalue weighted by Crippen LogP contribution is -2.29. The van der Waals surface area contributed by atoms with Crippen LogP contribution in [0.25, 0.3) is 10.9 Å². The Morgan fingerprint density at radius 3 is 2.55 bits per heavy atom.